The van der Waals surface area contributed by atoms with Gasteiger partial charge in [0.2, 0.25) is 0 Å². The minimum atomic E-state index is -6.23. The fourth-order valence-electron chi connectivity index (χ4n) is 7.05. The lowest BCUT2D eigenvalue weighted by Crippen LogP contribution is -2.45. The number of anilines is 2. The first-order valence-corrected chi connectivity index (χ1v) is 19.2. The number of benzene rings is 2. The number of aliphatic hydroxyl groups is 1. The van der Waals surface area contributed by atoms with E-state index in [1.165, 1.54) is 29.1 Å². The van der Waals surface area contributed by atoms with Crippen molar-refractivity contribution >= 4 is 54.1 Å². The molecule has 1 aliphatic heterocycles. The molecule has 7 rings (SSSR count). The number of methoxy groups -OCH3 is 1. The largest absolute Gasteiger partial charge is 0.536 e. The van der Waals surface area contributed by atoms with Gasteiger partial charge in [-0.3, -0.25) is 13.6 Å². The van der Waals surface area contributed by atoms with Gasteiger partial charge in [0.15, 0.2) is 5.82 Å². The Morgan fingerprint density at radius 3 is 2.44 bits per heavy atom. The number of ether oxygens (including phenoxy) is 2. The first kappa shape index (κ1) is 36.1. The number of nitrogens with zero attached hydrogens (tertiary/aromatic N) is 4. The molecule has 4 heterocycles. The molecule has 5 aromatic rings. The van der Waals surface area contributed by atoms with Crippen LogP contribution in [0.1, 0.15) is 45.1 Å². The van der Waals surface area contributed by atoms with Crippen LogP contribution in [0.2, 0.25) is 0 Å². The maximum atomic E-state index is 14.9. The first-order chi connectivity index (χ1) is 24.7. The molecule has 0 amide bonds. The van der Waals surface area contributed by atoms with Crippen LogP contribution in [0, 0.1) is 0 Å². The summed E-state index contributed by atoms with van der Waals surface area (Å²) in [5.74, 6) is 0.166. The number of aromatic nitrogens is 3. The van der Waals surface area contributed by atoms with Gasteiger partial charge in [0.05, 0.1) is 49.2 Å². The number of rotatable bonds is 9. The van der Waals surface area contributed by atoms with Crippen molar-refractivity contribution in [2.75, 3.05) is 30.4 Å². The molecule has 12 nitrogen and oxygen atoms in total. The van der Waals surface area contributed by atoms with Crippen LogP contribution in [-0.2, 0) is 21.4 Å². The molecular formula is C35H38F3N5O7S2. The van der Waals surface area contributed by atoms with Crippen LogP contribution in [0.5, 0.6) is 5.75 Å². The van der Waals surface area contributed by atoms with Gasteiger partial charge < -0.3 is 24.8 Å². The van der Waals surface area contributed by atoms with Gasteiger partial charge in [-0.1, -0.05) is 25.0 Å². The lowest BCUT2D eigenvalue weighted by molar-refractivity contribution is -0.0542. The van der Waals surface area contributed by atoms with E-state index in [1.54, 1.807) is 47.8 Å². The van der Waals surface area contributed by atoms with Crippen molar-refractivity contribution in [2.45, 2.75) is 75.9 Å². The number of thiophene rings is 1. The summed E-state index contributed by atoms with van der Waals surface area (Å²) in [6, 6.07) is 13.0. The highest BCUT2D eigenvalue weighted by Gasteiger charge is 2.50. The first-order valence-electron chi connectivity index (χ1n) is 16.9. The number of halogens is 3. The number of nitrogens with one attached hydrogen (secondary N) is 1. The van der Waals surface area contributed by atoms with Crippen LogP contribution >= 0.6 is 11.3 Å². The summed E-state index contributed by atoms with van der Waals surface area (Å²) in [7, 11) is -4.69. The quantitative estimate of drug-likeness (QED) is 0.179. The van der Waals surface area contributed by atoms with Crippen LogP contribution in [0.3, 0.4) is 0 Å². The van der Waals surface area contributed by atoms with Gasteiger partial charge >= 0.3 is 15.6 Å². The number of aliphatic hydroxyl groups excluding tert-OH is 1. The molecule has 0 radical (unpaired) electrons. The Balaban J connectivity index is 1.48. The standard InChI is InChI=1S/C35H38F3N5O7S2/c1-20-17-41(18-21(2)49-20)23-10-13-28-27(16-23)40-32(43(28)50-52(46,47)35(36,37)38)30-31(39-26-6-4-5-7-29(26)44)25-14-15-51-34(25)42(33(30)45)19-22-8-11-24(48-3)12-9-22/h8-16,20-21,26,29,39,44H,4-7,17-19H2,1-3H3/t20-,21+,26-,29+/m0/s1. The molecule has 3 aromatic heterocycles. The highest BCUT2D eigenvalue weighted by molar-refractivity contribution is 7.87. The van der Waals surface area contributed by atoms with Crippen molar-refractivity contribution in [1.29, 1.82) is 0 Å². The average molecular weight is 762 g/mol. The van der Waals surface area contributed by atoms with E-state index in [4.69, 9.17) is 13.8 Å². The van der Waals surface area contributed by atoms with Crippen LogP contribution in [0.15, 0.2) is 58.7 Å². The number of imidazole rings is 1. The molecule has 52 heavy (non-hydrogen) atoms. The van der Waals surface area contributed by atoms with Crippen molar-refractivity contribution in [3.05, 3.63) is 69.8 Å². The number of pyridine rings is 1. The molecule has 2 N–H and O–H groups in total. The van der Waals surface area contributed by atoms with Gasteiger partial charge in [0, 0.05) is 24.2 Å². The van der Waals surface area contributed by atoms with E-state index in [2.05, 4.69) is 10.3 Å². The van der Waals surface area contributed by atoms with E-state index >= 15 is 0 Å². The predicted octanol–water partition coefficient (Wildman–Crippen LogP) is 5.74. The maximum Gasteiger partial charge on any atom is 0.536 e. The highest BCUT2D eigenvalue weighted by Crippen LogP contribution is 2.39. The third kappa shape index (κ3) is 6.81. The van der Waals surface area contributed by atoms with Crippen molar-refractivity contribution < 1.29 is 40.5 Å². The summed E-state index contributed by atoms with van der Waals surface area (Å²) < 4.78 is 84.9. The molecule has 1 saturated carbocycles. The summed E-state index contributed by atoms with van der Waals surface area (Å²) >= 11 is 1.29. The fourth-order valence-corrected chi connectivity index (χ4v) is 8.39. The monoisotopic (exact) mass is 761 g/mol. The third-order valence-electron chi connectivity index (χ3n) is 9.49. The Kier molecular flexibility index (Phi) is 9.65. The van der Waals surface area contributed by atoms with Crippen molar-refractivity contribution in [3.63, 3.8) is 0 Å². The van der Waals surface area contributed by atoms with Crippen molar-refractivity contribution in [2.24, 2.45) is 0 Å². The Hall–Kier alpha value is -4.32. The summed E-state index contributed by atoms with van der Waals surface area (Å²) in [6.45, 7) is 4.99. The van der Waals surface area contributed by atoms with Gasteiger partial charge in [0.1, 0.15) is 21.7 Å². The van der Waals surface area contributed by atoms with Gasteiger partial charge in [-0.05, 0) is 74.0 Å². The van der Waals surface area contributed by atoms with Crippen LogP contribution in [0.4, 0.5) is 24.5 Å². The minimum absolute atomic E-state index is 0.0681. The van der Waals surface area contributed by atoms with Crippen molar-refractivity contribution in [1.82, 2.24) is 14.3 Å². The molecule has 2 aromatic carbocycles. The summed E-state index contributed by atoms with van der Waals surface area (Å²) in [5.41, 5.74) is -5.02. The van der Waals surface area contributed by atoms with Crippen LogP contribution in [-0.4, -0.2) is 77.9 Å². The Bertz CT molecular complexity index is 2260. The number of fused-ring (bicyclic) bond motifs is 2. The van der Waals surface area contributed by atoms with Gasteiger partial charge in [-0.25, -0.2) is 4.98 Å². The third-order valence-corrected chi connectivity index (χ3v) is 11.3. The van der Waals surface area contributed by atoms with E-state index in [9.17, 15) is 31.5 Å². The van der Waals surface area contributed by atoms with E-state index in [1.807, 2.05) is 18.7 Å². The second kappa shape index (κ2) is 13.9. The van der Waals surface area contributed by atoms with E-state index in [0.717, 1.165) is 18.4 Å². The van der Waals surface area contributed by atoms with Gasteiger partial charge in [-0.15, -0.1) is 16.1 Å². The van der Waals surface area contributed by atoms with Gasteiger partial charge in [0.25, 0.3) is 5.56 Å². The van der Waals surface area contributed by atoms with Gasteiger partial charge in [-0.2, -0.15) is 21.6 Å². The molecule has 4 atom stereocenters. The molecule has 1 aliphatic carbocycles. The molecule has 0 bridgehead atoms. The predicted molar refractivity (Wildman–Crippen MR) is 193 cm³/mol. The molecule has 0 spiro atoms. The SMILES string of the molecule is COc1ccc(Cn2c(=O)c(-c3nc4cc(N5C[C@@H](C)O[C@@H](C)C5)ccc4n3OS(=O)(=O)C(F)(F)F)c(N[C@H]3CCCC[C@H]3O)c3ccsc32)cc1. The molecule has 17 heteroatoms. The zero-order valence-electron chi connectivity index (χ0n) is 28.6. The summed E-state index contributed by atoms with van der Waals surface area (Å²) in [5, 5.41) is 16.6. The Labute approximate surface area is 301 Å². The lowest BCUT2D eigenvalue weighted by Gasteiger charge is -2.36. The summed E-state index contributed by atoms with van der Waals surface area (Å²) in [4.78, 5) is 22.1. The Morgan fingerprint density at radius 1 is 1.06 bits per heavy atom. The van der Waals surface area contributed by atoms with Crippen molar-refractivity contribution in [3.8, 4) is 17.1 Å². The summed E-state index contributed by atoms with van der Waals surface area (Å²) in [6.07, 6.45) is 1.73. The van der Waals surface area contributed by atoms with E-state index in [-0.39, 0.29) is 41.0 Å². The molecular weight excluding hydrogens is 724 g/mol. The fraction of sp³-hybridized carbons (Fsp3) is 0.429. The number of morpholine rings is 1. The number of hydrogen-bond acceptors (Lipinski definition) is 11. The zero-order chi connectivity index (χ0) is 36.9. The smallest absolute Gasteiger partial charge is 0.497 e. The van der Waals surface area contributed by atoms with E-state index in [0.29, 0.717) is 52.3 Å². The zero-order valence-corrected chi connectivity index (χ0v) is 30.2. The molecule has 0 unspecified atom stereocenters. The topological polar surface area (TPSA) is 137 Å². The Morgan fingerprint density at radius 2 is 1.77 bits per heavy atom. The van der Waals surface area contributed by atoms with Crippen LogP contribution < -0.4 is 24.8 Å². The van der Waals surface area contributed by atoms with Crippen LogP contribution in [0.25, 0.3) is 32.6 Å². The second-order valence-corrected chi connectivity index (χ2v) is 15.7. The maximum absolute atomic E-state index is 14.9. The number of alkyl halides is 3. The molecule has 278 valence electrons. The van der Waals surface area contributed by atoms with E-state index < -0.39 is 39.2 Å². The second-order valence-electron chi connectivity index (χ2n) is 13.3. The average Bonchev–Trinajstić information content (AvgIpc) is 3.72. The number of hydrogen-bond donors (Lipinski definition) is 2. The highest BCUT2D eigenvalue weighted by atomic mass is 32.2. The lowest BCUT2D eigenvalue weighted by atomic mass is 9.92. The molecule has 1 saturated heterocycles. The molecule has 2 aliphatic rings. The molecule has 2 fully saturated rings. The minimum Gasteiger partial charge on any atom is -0.497 e. The normalized spacial score (nSPS) is 21.5.